The fraction of sp³-hybridized carbons (Fsp3) is 0.200. The van der Waals surface area contributed by atoms with Gasteiger partial charge in [0.15, 0.2) is 6.61 Å². The number of allylic oxidation sites excluding steroid dienone is 1. The zero-order valence-electron chi connectivity index (χ0n) is 15.7. The van der Waals surface area contributed by atoms with E-state index < -0.39 is 10.8 Å². The highest BCUT2D eigenvalue weighted by Gasteiger charge is 2.13. The summed E-state index contributed by atoms with van der Waals surface area (Å²) < 4.78 is 5.51. The SMILES string of the molecule is C=CCc1cc([N+](=O)[O-])ccc1OCC(=O)Nc1ccc(C(=O)N(C)C)cc1. The van der Waals surface area contributed by atoms with E-state index >= 15 is 0 Å². The number of nitro groups is 1. The van der Waals surface area contributed by atoms with Crippen molar-refractivity contribution in [1.29, 1.82) is 0 Å². The third kappa shape index (κ3) is 5.41. The lowest BCUT2D eigenvalue weighted by Crippen LogP contribution is -2.22. The van der Waals surface area contributed by atoms with Crippen LogP contribution in [0.1, 0.15) is 15.9 Å². The normalized spacial score (nSPS) is 10.1. The molecule has 28 heavy (non-hydrogen) atoms. The standard InChI is InChI=1S/C20H21N3O5/c1-4-5-15-12-17(23(26)27)10-11-18(15)28-13-19(24)21-16-8-6-14(7-9-16)20(25)22(2)3/h4,6-12H,1,5,13H2,2-3H3,(H,21,24). The van der Waals surface area contributed by atoms with Crippen LogP contribution < -0.4 is 10.1 Å². The Hall–Kier alpha value is -3.68. The minimum Gasteiger partial charge on any atom is -0.483 e. The van der Waals surface area contributed by atoms with E-state index in [1.165, 1.54) is 23.1 Å². The van der Waals surface area contributed by atoms with E-state index in [-0.39, 0.29) is 18.2 Å². The van der Waals surface area contributed by atoms with Crippen LogP contribution in [0, 0.1) is 10.1 Å². The molecule has 2 rings (SSSR count). The number of carbonyl (C=O) groups is 2. The molecule has 0 bridgehead atoms. The van der Waals surface area contributed by atoms with Crippen LogP contribution in [-0.2, 0) is 11.2 Å². The van der Waals surface area contributed by atoms with Crippen LogP contribution in [0.25, 0.3) is 0 Å². The third-order valence-electron chi connectivity index (χ3n) is 3.80. The first-order valence-electron chi connectivity index (χ1n) is 8.44. The van der Waals surface area contributed by atoms with Gasteiger partial charge in [-0.1, -0.05) is 6.08 Å². The number of rotatable bonds is 8. The summed E-state index contributed by atoms with van der Waals surface area (Å²) in [7, 11) is 3.32. The lowest BCUT2D eigenvalue weighted by Gasteiger charge is -2.12. The molecule has 0 radical (unpaired) electrons. The number of amides is 2. The zero-order chi connectivity index (χ0) is 20.7. The smallest absolute Gasteiger partial charge is 0.269 e. The molecule has 2 aromatic rings. The summed E-state index contributed by atoms with van der Waals surface area (Å²) in [4.78, 5) is 35.8. The van der Waals surface area contributed by atoms with Crippen molar-refractivity contribution in [1.82, 2.24) is 4.90 Å². The summed E-state index contributed by atoms with van der Waals surface area (Å²) in [5.41, 5.74) is 1.56. The number of carbonyl (C=O) groups excluding carboxylic acids is 2. The molecule has 0 atom stereocenters. The van der Waals surface area contributed by atoms with Crippen molar-refractivity contribution >= 4 is 23.2 Å². The predicted octanol–water partition coefficient (Wildman–Crippen LogP) is 3.04. The number of anilines is 1. The average Bonchev–Trinajstić information content (AvgIpc) is 2.67. The van der Waals surface area contributed by atoms with Gasteiger partial charge in [-0.05, 0) is 36.8 Å². The number of nitrogens with zero attached hydrogens (tertiary/aromatic N) is 2. The first-order valence-corrected chi connectivity index (χ1v) is 8.44. The van der Waals surface area contributed by atoms with E-state index in [0.717, 1.165) is 0 Å². The number of benzene rings is 2. The number of hydrogen-bond acceptors (Lipinski definition) is 5. The van der Waals surface area contributed by atoms with E-state index in [1.54, 1.807) is 44.4 Å². The van der Waals surface area contributed by atoms with Gasteiger partial charge in [0, 0.05) is 43.0 Å². The van der Waals surface area contributed by atoms with Gasteiger partial charge >= 0.3 is 0 Å². The van der Waals surface area contributed by atoms with Crippen molar-refractivity contribution < 1.29 is 19.2 Å². The predicted molar refractivity (Wildman–Crippen MR) is 106 cm³/mol. The fourth-order valence-electron chi connectivity index (χ4n) is 2.43. The lowest BCUT2D eigenvalue weighted by atomic mass is 10.1. The minimum absolute atomic E-state index is 0.0546. The molecule has 0 saturated heterocycles. The number of non-ortho nitro benzene ring substituents is 1. The molecule has 0 fully saturated rings. The summed E-state index contributed by atoms with van der Waals surface area (Å²) in [6.45, 7) is 3.36. The number of hydrogen-bond donors (Lipinski definition) is 1. The average molecular weight is 383 g/mol. The largest absolute Gasteiger partial charge is 0.483 e. The monoisotopic (exact) mass is 383 g/mol. The van der Waals surface area contributed by atoms with Crippen LogP contribution in [0.5, 0.6) is 5.75 Å². The van der Waals surface area contributed by atoms with E-state index in [9.17, 15) is 19.7 Å². The fourth-order valence-corrected chi connectivity index (χ4v) is 2.43. The van der Waals surface area contributed by atoms with Crippen molar-refractivity contribution in [2.45, 2.75) is 6.42 Å². The van der Waals surface area contributed by atoms with Crippen molar-refractivity contribution in [3.8, 4) is 5.75 Å². The highest BCUT2D eigenvalue weighted by atomic mass is 16.6. The summed E-state index contributed by atoms with van der Waals surface area (Å²) in [5, 5.41) is 13.6. The van der Waals surface area contributed by atoms with E-state index in [1.807, 2.05) is 0 Å². The topological polar surface area (TPSA) is 102 Å². The molecule has 1 N–H and O–H groups in total. The van der Waals surface area contributed by atoms with Crippen molar-refractivity contribution in [2.75, 3.05) is 26.0 Å². The Bertz CT molecular complexity index is 891. The second-order valence-electron chi connectivity index (χ2n) is 6.16. The Morgan fingerprint density at radius 1 is 1.21 bits per heavy atom. The Morgan fingerprint density at radius 3 is 2.46 bits per heavy atom. The first-order chi connectivity index (χ1) is 13.3. The van der Waals surface area contributed by atoms with Gasteiger partial charge in [-0.3, -0.25) is 19.7 Å². The van der Waals surface area contributed by atoms with Crippen LogP contribution in [0.15, 0.2) is 55.1 Å². The van der Waals surface area contributed by atoms with Crippen LogP contribution in [0.3, 0.4) is 0 Å². The lowest BCUT2D eigenvalue weighted by molar-refractivity contribution is -0.384. The van der Waals surface area contributed by atoms with Gasteiger partial charge in [0.1, 0.15) is 5.75 Å². The molecule has 146 valence electrons. The van der Waals surface area contributed by atoms with Crippen molar-refractivity contribution in [2.24, 2.45) is 0 Å². The molecule has 0 aliphatic rings. The summed E-state index contributed by atoms with van der Waals surface area (Å²) in [5.74, 6) is -0.142. The number of nitro benzene ring substituents is 1. The third-order valence-corrected chi connectivity index (χ3v) is 3.80. The maximum Gasteiger partial charge on any atom is 0.269 e. The van der Waals surface area contributed by atoms with Gasteiger partial charge in [0.25, 0.3) is 17.5 Å². The molecule has 0 heterocycles. The van der Waals surface area contributed by atoms with E-state index in [4.69, 9.17) is 4.74 Å². The molecule has 0 aliphatic heterocycles. The molecule has 0 aliphatic carbocycles. The summed E-state index contributed by atoms with van der Waals surface area (Å²) >= 11 is 0. The van der Waals surface area contributed by atoms with Crippen LogP contribution in [0.4, 0.5) is 11.4 Å². The van der Waals surface area contributed by atoms with Gasteiger partial charge in [0.2, 0.25) is 0 Å². The Kier molecular flexibility index (Phi) is 6.86. The van der Waals surface area contributed by atoms with Gasteiger partial charge in [-0.2, -0.15) is 0 Å². The molecular formula is C20H21N3O5. The van der Waals surface area contributed by atoms with Gasteiger partial charge in [-0.15, -0.1) is 6.58 Å². The molecule has 0 aromatic heterocycles. The second-order valence-corrected chi connectivity index (χ2v) is 6.16. The van der Waals surface area contributed by atoms with Gasteiger partial charge in [-0.25, -0.2) is 0 Å². The Morgan fingerprint density at radius 2 is 1.89 bits per heavy atom. The zero-order valence-corrected chi connectivity index (χ0v) is 15.7. The van der Waals surface area contributed by atoms with Crippen LogP contribution in [-0.4, -0.2) is 42.3 Å². The van der Waals surface area contributed by atoms with Crippen LogP contribution >= 0.6 is 0 Å². The maximum atomic E-state index is 12.1. The molecule has 8 heteroatoms. The molecule has 2 amide bonds. The maximum absolute atomic E-state index is 12.1. The number of ether oxygens (including phenoxy) is 1. The molecule has 0 saturated carbocycles. The quantitative estimate of drug-likeness (QED) is 0.429. The Balaban J connectivity index is 1.99. The highest BCUT2D eigenvalue weighted by molar-refractivity contribution is 5.95. The van der Waals surface area contributed by atoms with Crippen molar-refractivity contribution in [3.05, 3.63) is 76.4 Å². The van der Waals surface area contributed by atoms with E-state index in [0.29, 0.717) is 29.0 Å². The number of nitrogens with one attached hydrogen (secondary N) is 1. The second kappa shape index (κ2) is 9.31. The minimum atomic E-state index is -0.492. The van der Waals surface area contributed by atoms with E-state index in [2.05, 4.69) is 11.9 Å². The summed E-state index contributed by atoms with van der Waals surface area (Å²) in [6, 6.07) is 10.7. The molecule has 8 nitrogen and oxygen atoms in total. The highest BCUT2D eigenvalue weighted by Crippen LogP contribution is 2.25. The van der Waals surface area contributed by atoms with Crippen LogP contribution in [0.2, 0.25) is 0 Å². The molecular weight excluding hydrogens is 362 g/mol. The van der Waals surface area contributed by atoms with Crippen molar-refractivity contribution in [3.63, 3.8) is 0 Å². The molecule has 0 unspecified atom stereocenters. The van der Waals surface area contributed by atoms with Gasteiger partial charge < -0.3 is 15.0 Å². The van der Waals surface area contributed by atoms with Gasteiger partial charge in [0.05, 0.1) is 4.92 Å². The molecule has 0 spiro atoms. The Labute approximate surface area is 162 Å². The first kappa shape index (κ1) is 20.6. The summed E-state index contributed by atoms with van der Waals surface area (Å²) in [6.07, 6.45) is 1.97. The molecule has 2 aromatic carbocycles.